The molecule has 1 aliphatic carbocycles. The molecule has 1 N–H and O–H groups in total. The van der Waals surface area contributed by atoms with Crippen LogP contribution < -0.4 is 10.1 Å². The zero-order chi connectivity index (χ0) is 18.4. The monoisotopic (exact) mass is 350 g/mol. The fourth-order valence-corrected chi connectivity index (χ4v) is 2.69. The average molecular weight is 350 g/mol. The maximum Gasteiger partial charge on any atom is 0.316 e. The first-order chi connectivity index (χ1) is 12.7. The van der Waals surface area contributed by atoms with Crippen molar-refractivity contribution in [2.45, 2.75) is 44.6 Å². The summed E-state index contributed by atoms with van der Waals surface area (Å²) in [6, 6.07) is 10.4. The van der Waals surface area contributed by atoms with Gasteiger partial charge in [-0.25, -0.2) is 9.97 Å². The van der Waals surface area contributed by atoms with E-state index in [2.05, 4.69) is 15.3 Å². The number of nitrogens with one attached hydrogen (secondary N) is 1. The zero-order valence-electron chi connectivity index (χ0n) is 14.8. The van der Waals surface area contributed by atoms with Crippen LogP contribution in [0.3, 0.4) is 0 Å². The van der Waals surface area contributed by atoms with Crippen molar-refractivity contribution in [2.24, 2.45) is 0 Å². The molecule has 3 rings (SSSR count). The molecule has 1 fully saturated rings. The number of nitriles is 1. The number of hydrogen-bond donors (Lipinski definition) is 1. The molecule has 0 radical (unpaired) electrons. The van der Waals surface area contributed by atoms with Crippen LogP contribution >= 0.6 is 0 Å². The number of benzene rings is 1. The molecule has 2 aromatic rings. The zero-order valence-corrected chi connectivity index (χ0v) is 14.8. The Kier molecular flexibility index (Phi) is 5.80. The molecular formula is C20H22N4O2. The van der Waals surface area contributed by atoms with Gasteiger partial charge in [0.25, 0.3) is 0 Å². The van der Waals surface area contributed by atoms with E-state index in [-0.39, 0.29) is 24.3 Å². The van der Waals surface area contributed by atoms with Crippen LogP contribution in [-0.4, -0.2) is 28.5 Å². The summed E-state index contributed by atoms with van der Waals surface area (Å²) >= 11 is 0. The predicted octanol–water partition coefficient (Wildman–Crippen LogP) is 3.21. The van der Waals surface area contributed by atoms with Crippen molar-refractivity contribution in [3.8, 4) is 23.2 Å². The molecule has 1 aromatic heterocycles. The highest BCUT2D eigenvalue weighted by Crippen LogP contribution is 2.25. The van der Waals surface area contributed by atoms with Gasteiger partial charge < -0.3 is 10.1 Å². The average Bonchev–Trinajstić information content (AvgIpc) is 2.64. The minimum atomic E-state index is -0.239. The van der Waals surface area contributed by atoms with Crippen LogP contribution in [0, 0.1) is 11.3 Å². The minimum Gasteiger partial charge on any atom is -0.460 e. The first-order valence-electron chi connectivity index (χ1n) is 8.88. The molecule has 0 spiro atoms. The summed E-state index contributed by atoms with van der Waals surface area (Å²) in [7, 11) is 0. The van der Waals surface area contributed by atoms with Gasteiger partial charge in [-0.2, -0.15) is 5.26 Å². The largest absolute Gasteiger partial charge is 0.460 e. The molecule has 1 aliphatic rings. The van der Waals surface area contributed by atoms with E-state index in [1.807, 2.05) is 37.3 Å². The topological polar surface area (TPSA) is 87.9 Å². The summed E-state index contributed by atoms with van der Waals surface area (Å²) in [6.45, 7) is 2.55. The highest BCUT2D eigenvalue weighted by atomic mass is 16.5. The lowest BCUT2D eigenvalue weighted by molar-refractivity contribution is -0.120. The molecule has 0 aliphatic heterocycles. The highest BCUT2D eigenvalue weighted by Gasteiger charge is 2.20. The smallest absolute Gasteiger partial charge is 0.316 e. The van der Waals surface area contributed by atoms with E-state index in [1.165, 1.54) is 6.42 Å². The van der Waals surface area contributed by atoms with Crippen molar-refractivity contribution in [3.63, 3.8) is 0 Å². The first-order valence-corrected chi connectivity index (χ1v) is 8.88. The van der Waals surface area contributed by atoms with Gasteiger partial charge in [0, 0.05) is 24.5 Å². The molecule has 134 valence electrons. The minimum absolute atomic E-state index is 0.105. The van der Waals surface area contributed by atoms with Crippen molar-refractivity contribution in [3.05, 3.63) is 42.2 Å². The Bertz CT molecular complexity index is 777. The molecule has 0 saturated heterocycles. The van der Waals surface area contributed by atoms with Gasteiger partial charge in [-0.05, 0) is 36.3 Å². The van der Waals surface area contributed by atoms with Crippen molar-refractivity contribution >= 4 is 5.91 Å². The van der Waals surface area contributed by atoms with Gasteiger partial charge in [-0.15, -0.1) is 0 Å². The number of nitrogens with zero attached hydrogens (tertiary/aromatic N) is 3. The van der Waals surface area contributed by atoms with Crippen LogP contribution in [0.2, 0.25) is 0 Å². The molecule has 26 heavy (non-hydrogen) atoms. The van der Waals surface area contributed by atoms with Crippen LogP contribution in [0.5, 0.6) is 6.01 Å². The maximum absolute atomic E-state index is 11.4. The van der Waals surface area contributed by atoms with Crippen LogP contribution in [-0.2, 0) is 4.79 Å². The third-order valence-corrected chi connectivity index (χ3v) is 4.61. The first kappa shape index (κ1) is 17.9. The second-order valence-electron chi connectivity index (χ2n) is 6.59. The van der Waals surface area contributed by atoms with Gasteiger partial charge >= 0.3 is 6.01 Å². The Morgan fingerprint density at radius 2 is 1.96 bits per heavy atom. The SMILES string of the molecule is CC(CNC(=O)CC#N)c1ccc(-c2cnc(OC3CCC3)nc2)cc1. The lowest BCUT2D eigenvalue weighted by Crippen LogP contribution is -2.26. The van der Waals surface area contributed by atoms with Crippen LogP contribution in [0.1, 0.15) is 44.1 Å². The summed E-state index contributed by atoms with van der Waals surface area (Å²) in [5.41, 5.74) is 3.09. The number of hydrogen-bond acceptors (Lipinski definition) is 5. The van der Waals surface area contributed by atoms with Crippen LogP contribution in [0.15, 0.2) is 36.7 Å². The molecule has 1 unspecified atom stereocenters. The molecule has 6 heteroatoms. The molecular weight excluding hydrogens is 328 g/mol. The molecule has 1 atom stereocenters. The molecule has 1 aromatic carbocycles. The van der Waals surface area contributed by atoms with E-state index in [0.29, 0.717) is 12.6 Å². The van der Waals surface area contributed by atoms with Crippen molar-refractivity contribution in [1.29, 1.82) is 5.26 Å². The Balaban J connectivity index is 1.58. The third kappa shape index (κ3) is 4.57. The van der Waals surface area contributed by atoms with E-state index in [0.717, 1.165) is 29.5 Å². The predicted molar refractivity (Wildman–Crippen MR) is 97.4 cm³/mol. The quantitative estimate of drug-likeness (QED) is 0.828. The molecule has 6 nitrogen and oxygen atoms in total. The maximum atomic E-state index is 11.4. The number of amides is 1. The number of ether oxygens (including phenoxy) is 1. The van der Waals surface area contributed by atoms with Crippen molar-refractivity contribution in [1.82, 2.24) is 15.3 Å². The highest BCUT2D eigenvalue weighted by molar-refractivity contribution is 5.78. The second-order valence-corrected chi connectivity index (χ2v) is 6.59. The number of rotatable bonds is 7. The molecule has 1 saturated carbocycles. The van der Waals surface area contributed by atoms with Gasteiger partial charge in [-0.3, -0.25) is 4.79 Å². The number of carbonyl (C=O) groups excluding carboxylic acids is 1. The van der Waals surface area contributed by atoms with Crippen LogP contribution in [0.25, 0.3) is 11.1 Å². The Morgan fingerprint density at radius 1 is 1.27 bits per heavy atom. The van der Waals surface area contributed by atoms with Gasteiger partial charge in [0.2, 0.25) is 5.91 Å². The fourth-order valence-electron chi connectivity index (χ4n) is 2.69. The van der Waals surface area contributed by atoms with E-state index in [4.69, 9.17) is 10.00 Å². The van der Waals surface area contributed by atoms with E-state index in [9.17, 15) is 4.79 Å². The van der Waals surface area contributed by atoms with Gasteiger partial charge in [0.05, 0.1) is 6.07 Å². The van der Waals surface area contributed by atoms with Gasteiger partial charge in [0.15, 0.2) is 0 Å². The molecule has 1 heterocycles. The molecule has 0 bridgehead atoms. The number of carbonyl (C=O) groups is 1. The van der Waals surface area contributed by atoms with E-state index >= 15 is 0 Å². The molecule has 1 amide bonds. The second kappa shape index (κ2) is 8.43. The summed E-state index contributed by atoms with van der Waals surface area (Å²) in [5, 5.41) is 11.3. The van der Waals surface area contributed by atoms with Crippen molar-refractivity contribution < 1.29 is 9.53 Å². The lowest BCUT2D eigenvalue weighted by atomic mass is 9.96. The third-order valence-electron chi connectivity index (χ3n) is 4.61. The van der Waals surface area contributed by atoms with Gasteiger partial charge in [-0.1, -0.05) is 31.2 Å². The van der Waals surface area contributed by atoms with Crippen molar-refractivity contribution in [2.75, 3.05) is 6.54 Å². The summed E-state index contributed by atoms with van der Waals surface area (Å²) in [6.07, 6.45) is 7.11. The normalized spacial score (nSPS) is 14.8. The Morgan fingerprint density at radius 3 is 2.54 bits per heavy atom. The summed E-state index contributed by atoms with van der Waals surface area (Å²) in [5.74, 6) is -0.0708. The Labute approximate surface area is 153 Å². The van der Waals surface area contributed by atoms with Crippen LogP contribution in [0.4, 0.5) is 0 Å². The van der Waals surface area contributed by atoms with Gasteiger partial charge in [0.1, 0.15) is 12.5 Å². The summed E-state index contributed by atoms with van der Waals surface area (Å²) in [4.78, 5) is 20.0. The fraction of sp³-hybridized carbons (Fsp3) is 0.400. The lowest BCUT2D eigenvalue weighted by Gasteiger charge is -2.24. The summed E-state index contributed by atoms with van der Waals surface area (Å²) < 4.78 is 5.68. The number of aromatic nitrogens is 2. The Hall–Kier alpha value is -2.94. The standard InChI is InChI=1S/C20H22N4O2/c1-14(11-22-19(25)9-10-21)15-5-7-16(8-6-15)17-12-23-20(24-13-17)26-18-3-2-4-18/h5-8,12-14,18H,2-4,9,11H2,1H3,(H,22,25). The van der Waals surface area contributed by atoms with E-state index < -0.39 is 0 Å². The van der Waals surface area contributed by atoms with E-state index in [1.54, 1.807) is 12.4 Å².